The fraction of sp³-hybridized carbons (Fsp3) is 0.842. The van der Waals surface area contributed by atoms with Crippen molar-refractivity contribution in [2.75, 3.05) is 39.3 Å². The zero-order valence-corrected chi connectivity index (χ0v) is 16.5. The molecule has 148 valence electrons. The van der Waals surface area contributed by atoms with E-state index in [2.05, 4.69) is 6.07 Å². The molecular formula is C19H28ClN5O2. The number of carbonyl (C=O) groups is 2. The number of carbonyl (C=O) groups excluding carboxylic acids is 2. The first-order chi connectivity index (χ1) is 13.1. The maximum atomic E-state index is 12.6. The van der Waals surface area contributed by atoms with Gasteiger partial charge in [0.25, 0.3) is 0 Å². The van der Waals surface area contributed by atoms with Crippen molar-refractivity contribution < 1.29 is 9.59 Å². The van der Waals surface area contributed by atoms with Gasteiger partial charge in [0, 0.05) is 38.8 Å². The maximum Gasteiger partial charge on any atom is 0.320 e. The molecule has 4 rings (SSSR count). The second kappa shape index (κ2) is 7.84. The van der Waals surface area contributed by atoms with E-state index < -0.39 is 0 Å². The minimum atomic E-state index is -0.296. The molecular weight excluding hydrogens is 366 g/mol. The number of urea groups is 1. The van der Waals surface area contributed by atoms with Crippen molar-refractivity contribution in [2.45, 2.75) is 50.6 Å². The predicted octanol–water partition coefficient (Wildman–Crippen LogP) is 1.88. The number of nitrogens with zero attached hydrogens (tertiary/aromatic N) is 5. The number of amides is 3. The van der Waals surface area contributed by atoms with Crippen LogP contribution in [0.1, 0.15) is 38.5 Å². The van der Waals surface area contributed by atoms with Crippen molar-refractivity contribution >= 4 is 23.7 Å². The summed E-state index contributed by atoms with van der Waals surface area (Å²) >= 11 is 6.48. The van der Waals surface area contributed by atoms with Crippen LogP contribution >= 0.6 is 11.8 Å². The van der Waals surface area contributed by atoms with Crippen molar-refractivity contribution in [2.24, 2.45) is 11.8 Å². The van der Waals surface area contributed by atoms with E-state index >= 15 is 0 Å². The molecule has 3 amide bonds. The number of likely N-dealkylation sites (tertiary alicyclic amines) is 3. The molecule has 4 fully saturated rings. The molecule has 3 saturated heterocycles. The van der Waals surface area contributed by atoms with Crippen LogP contribution in [-0.2, 0) is 4.79 Å². The Labute approximate surface area is 165 Å². The summed E-state index contributed by atoms with van der Waals surface area (Å²) in [7, 11) is 0. The molecule has 8 heteroatoms. The highest BCUT2D eigenvalue weighted by atomic mass is 35.5. The minimum Gasteiger partial charge on any atom is -0.326 e. The van der Waals surface area contributed by atoms with Gasteiger partial charge in [-0.25, -0.2) is 9.21 Å². The minimum absolute atomic E-state index is 0.0445. The summed E-state index contributed by atoms with van der Waals surface area (Å²) in [6.45, 7) is 4.25. The third-order valence-corrected chi connectivity index (χ3v) is 7.17. The molecule has 27 heavy (non-hydrogen) atoms. The fourth-order valence-electron chi connectivity index (χ4n) is 5.31. The van der Waals surface area contributed by atoms with Gasteiger partial charge in [0.15, 0.2) is 0 Å². The van der Waals surface area contributed by atoms with Gasteiger partial charge in [-0.1, -0.05) is 0 Å². The lowest BCUT2D eigenvalue weighted by molar-refractivity contribution is -0.131. The quantitative estimate of drug-likeness (QED) is 0.686. The van der Waals surface area contributed by atoms with Crippen molar-refractivity contribution in [1.82, 2.24) is 19.1 Å². The van der Waals surface area contributed by atoms with E-state index in [1.165, 1.54) is 0 Å². The lowest BCUT2D eigenvalue weighted by atomic mass is 10.0. The molecule has 4 atom stereocenters. The Hall–Kier alpha value is -1.52. The molecule has 0 aromatic heterocycles. The SMILES string of the molecule is N#C[C@@H]1CCCN1C(=O)CN(Cl)[C@@H]1C[C@@H]2CN(C(=O)N3CCCC3)C[C@@H]2C1. The summed E-state index contributed by atoms with van der Waals surface area (Å²) < 4.78 is 1.65. The van der Waals surface area contributed by atoms with Gasteiger partial charge >= 0.3 is 6.03 Å². The van der Waals surface area contributed by atoms with Gasteiger partial charge in [0.2, 0.25) is 5.91 Å². The average molecular weight is 394 g/mol. The standard InChI is InChI=1S/C19H28ClN5O2/c20-25(13-18(26)24-7-3-4-16(24)10-21)17-8-14-11-23(12-15(14)9-17)19(27)22-5-1-2-6-22/h14-17H,1-9,11-13H2/t14-,15+,16-,17-/m0/s1. The summed E-state index contributed by atoms with van der Waals surface area (Å²) in [6, 6.07) is 2.30. The molecule has 3 heterocycles. The Morgan fingerprint density at radius 1 is 1.04 bits per heavy atom. The number of halogens is 1. The van der Waals surface area contributed by atoms with Crippen LogP contribution in [0.3, 0.4) is 0 Å². The largest absolute Gasteiger partial charge is 0.326 e. The molecule has 7 nitrogen and oxygen atoms in total. The highest BCUT2D eigenvalue weighted by molar-refractivity contribution is 6.14. The number of rotatable bonds is 3. The number of nitriles is 1. The summed E-state index contributed by atoms with van der Waals surface area (Å²) in [5.74, 6) is 0.921. The molecule has 0 bridgehead atoms. The molecule has 1 saturated carbocycles. The third kappa shape index (κ3) is 3.74. The van der Waals surface area contributed by atoms with E-state index in [0.717, 1.165) is 64.7 Å². The Morgan fingerprint density at radius 3 is 2.33 bits per heavy atom. The predicted molar refractivity (Wildman–Crippen MR) is 101 cm³/mol. The Kier molecular flexibility index (Phi) is 5.47. The highest BCUT2D eigenvalue weighted by Crippen LogP contribution is 2.41. The van der Waals surface area contributed by atoms with Gasteiger partial charge in [-0.3, -0.25) is 4.79 Å². The number of hydrogen-bond acceptors (Lipinski definition) is 4. The number of fused-ring (bicyclic) bond motifs is 1. The van der Waals surface area contributed by atoms with Crippen LogP contribution in [0.25, 0.3) is 0 Å². The van der Waals surface area contributed by atoms with Crippen LogP contribution in [0, 0.1) is 23.2 Å². The van der Waals surface area contributed by atoms with Crippen molar-refractivity contribution in [3.8, 4) is 6.07 Å². The lowest BCUT2D eigenvalue weighted by Crippen LogP contribution is -2.43. The molecule has 3 aliphatic heterocycles. The fourth-order valence-corrected chi connectivity index (χ4v) is 5.57. The van der Waals surface area contributed by atoms with E-state index in [0.29, 0.717) is 18.4 Å². The van der Waals surface area contributed by atoms with Crippen molar-refractivity contribution in [1.29, 1.82) is 5.26 Å². The average Bonchev–Trinajstić information content (AvgIpc) is 3.43. The van der Waals surface area contributed by atoms with Gasteiger partial charge in [-0.05, 0) is 62.1 Å². The summed E-state index contributed by atoms with van der Waals surface area (Å²) in [6.07, 6.45) is 5.76. The normalized spacial score (nSPS) is 33.0. The van der Waals surface area contributed by atoms with Gasteiger partial charge < -0.3 is 14.7 Å². The molecule has 4 aliphatic rings. The van der Waals surface area contributed by atoms with Crippen LogP contribution in [0.2, 0.25) is 0 Å². The van der Waals surface area contributed by atoms with Gasteiger partial charge in [-0.2, -0.15) is 5.26 Å². The van der Waals surface area contributed by atoms with Crippen molar-refractivity contribution in [3.63, 3.8) is 0 Å². The Morgan fingerprint density at radius 2 is 1.70 bits per heavy atom. The molecule has 0 aromatic carbocycles. The van der Waals surface area contributed by atoms with E-state index in [1.807, 2.05) is 9.80 Å². The highest BCUT2D eigenvalue weighted by Gasteiger charge is 2.45. The second-order valence-corrected chi connectivity index (χ2v) is 8.89. The Bertz CT molecular complexity index is 618. The van der Waals surface area contributed by atoms with Crippen LogP contribution in [0.5, 0.6) is 0 Å². The second-order valence-electron chi connectivity index (χ2n) is 8.46. The van der Waals surface area contributed by atoms with Crippen molar-refractivity contribution in [3.05, 3.63) is 0 Å². The first-order valence-corrected chi connectivity index (χ1v) is 10.6. The molecule has 0 radical (unpaired) electrons. The first kappa shape index (κ1) is 18.8. The summed E-state index contributed by atoms with van der Waals surface area (Å²) in [5.41, 5.74) is 0. The van der Waals surface area contributed by atoms with E-state index in [-0.39, 0.29) is 30.6 Å². The summed E-state index contributed by atoms with van der Waals surface area (Å²) in [4.78, 5) is 30.8. The van der Waals surface area contributed by atoms with Gasteiger partial charge in [-0.15, -0.1) is 0 Å². The molecule has 0 N–H and O–H groups in total. The molecule has 0 aromatic rings. The molecule has 0 spiro atoms. The summed E-state index contributed by atoms with van der Waals surface area (Å²) in [5, 5.41) is 9.16. The van der Waals surface area contributed by atoms with E-state index in [1.54, 1.807) is 9.32 Å². The van der Waals surface area contributed by atoms with Crippen LogP contribution < -0.4 is 0 Å². The molecule has 1 aliphatic carbocycles. The lowest BCUT2D eigenvalue weighted by Gasteiger charge is -2.28. The van der Waals surface area contributed by atoms with Gasteiger partial charge in [0.05, 0.1) is 12.6 Å². The number of hydrogen-bond donors (Lipinski definition) is 0. The first-order valence-electron chi connectivity index (χ1n) is 10.2. The van der Waals surface area contributed by atoms with Crippen LogP contribution in [0.4, 0.5) is 4.79 Å². The zero-order chi connectivity index (χ0) is 19.0. The topological polar surface area (TPSA) is 70.9 Å². The zero-order valence-electron chi connectivity index (χ0n) is 15.7. The third-order valence-electron chi connectivity index (χ3n) is 6.78. The maximum absolute atomic E-state index is 12.6. The van der Waals surface area contributed by atoms with Crippen LogP contribution in [0.15, 0.2) is 0 Å². The van der Waals surface area contributed by atoms with E-state index in [9.17, 15) is 9.59 Å². The van der Waals surface area contributed by atoms with Crippen LogP contribution in [-0.4, -0.2) is 82.4 Å². The van der Waals surface area contributed by atoms with Gasteiger partial charge in [0.1, 0.15) is 6.04 Å². The monoisotopic (exact) mass is 393 g/mol. The molecule has 0 unspecified atom stereocenters. The smallest absolute Gasteiger partial charge is 0.320 e. The van der Waals surface area contributed by atoms with E-state index in [4.69, 9.17) is 17.0 Å². The Balaban J connectivity index is 1.26.